The highest BCUT2D eigenvalue weighted by Gasteiger charge is 2.26. The topological polar surface area (TPSA) is 76.7 Å². The number of hydrogen-bond acceptors (Lipinski definition) is 5. The standard InChI is InChI=1S/C22H20N2O4S/c1-27-15-8-6-14(7-9-15)12-16-10-11-20(29-16)22(26)24-18-13-28-19-5-3-2-4-17(19)23-21(18)25/h2-11,18H,12-13H2,1H3,(H,23,25)(H,24,26). The zero-order chi connectivity index (χ0) is 20.2. The fraction of sp³-hybridized carbons (Fsp3) is 0.182. The molecule has 2 heterocycles. The van der Waals surface area contributed by atoms with Gasteiger partial charge in [-0.25, -0.2) is 0 Å². The summed E-state index contributed by atoms with van der Waals surface area (Å²) in [5.74, 6) is 0.825. The number of nitrogens with one attached hydrogen (secondary N) is 2. The van der Waals surface area contributed by atoms with Gasteiger partial charge in [0.1, 0.15) is 24.1 Å². The molecule has 1 aliphatic rings. The first kappa shape index (κ1) is 19.0. The number of amides is 2. The van der Waals surface area contributed by atoms with Crippen LogP contribution in [0.5, 0.6) is 11.5 Å². The molecule has 2 N–H and O–H groups in total. The molecule has 29 heavy (non-hydrogen) atoms. The first-order valence-corrected chi connectivity index (χ1v) is 9.99. The molecule has 1 aliphatic heterocycles. The lowest BCUT2D eigenvalue weighted by atomic mass is 10.1. The lowest BCUT2D eigenvalue weighted by Gasteiger charge is -2.14. The zero-order valence-electron chi connectivity index (χ0n) is 15.8. The van der Waals surface area contributed by atoms with Crippen molar-refractivity contribution >= 4 is 28.8 Å². The molecule has 2 aromatic carbocycles. The number of carbonyl (C=O) groups is 2. The lowest BCUT2D eigenvalue weighted by Crippen LogP contribution is -2.46. The van der Waals surface area contributed by atoms with E-state index in [0.717, 1.165) is 22.6 Å². The highest BCUT2D eigenvalue weighted by atomic mass is 32.1. The Kier molecular flexibility index (Phi) is 5.48. The number of rotatable bonds is 5. The molecule has 0 saturated carbocycles. The van der Waals surface area contributed by atoms with Gasteiger partial charge in [-0.1, -0.05) is 24.3 Å². The maximum absolute atomic E-state index is 12.6. The molecule has 0 saturated heterocycles. The van der Waals surface area contributed by atoms with Crippen molar-refractivity contribution in [3.05, 3.63) is 76.0 Å². The van der Waals surface area contributed by atoms with Crippen LogP contribution < -0.4 is 20.1 Å². The Morgan fingerprint density at radius 3 is 2.76 bits per heavy atom. The number of ether oxygens (including phenoxy) is 2. The third-order valence-electron chi connectivity index (χ3n) is 4.60. The van der Waals surface area contributed by atoms with Gasteiger partial charge in [0.15, 0.2) is 0 Å². The van der Waals surface area contributed by atoms with Crippen LogP contribution in [0.15, 0.2) is 60.7 Å². The van der Waals surface area contributed by atoms with E-state index in [2.05, 4.69) is 10.6 Å². The summed E-state index contributed by atoms with van der Waals surface area (Å²) in [7, 11) is 1.64. The van der Waals surface area contributed by atoms with E-state index in [1.807, 2.05) is 42.5 Å². The van der Waals surface area contributed by atoms with Crippen LogP contribution in [-0.2, 0) is 11.2 Å². The quantitative estimate of drug-likeness (QED) is 0.678. The second kappa shape index (κ2) is 8.36. The number of carbonyl (C=O) groups excluding carboxylic acids is 2. The third-order valence-corrected chi connectivity index (χ3v) is 5.68. The molecule has 3 aromatic rings. The predicted octanol–water partition coefficient (Wildman–Crippen LogP) is 3.48. The van der Waals surface area contributed by atoms with Crippen molar-refractivity contribution in [2.24, 2.45) is 0 Å². The maximum atomic E-state index is 12.6. The molecule has 4 rings (SSSR count). The molecule has 1 unspecified atom stereocenters. The van der Waals surface area contributed by atoms with E-state index >= 15 is 0 Å². The van der Waals surface area contributed by atoms with E-state index in [0.29, 0.717) is 16.3 Å². The number of hydrogen-bond donors (Lipinski definition) is 2. The molecule has 7 heteroatoms. The molecule has 2 amide bonds. The SMILES string of the molecule is COc1ccc(Cc2ccc(C(=O)NC3COc4ccccc4NC3=O)s2)cc1. The van der Waals surface area contributed by atoms with Gasteiger partial charge in [0.25, 0.3) is 11.8 Å². The lowest BCUT2D eigenvalue weighted by molar-refractivity contribution is -0.118. The molecule has 0 radical (unpaired) electrons. The van der Waals surface area contributed by atoms with E-state index in [1.54, 1.807) is 25.3 Å². The Balaban J connectivity index is 1.39. The van der Waals surface area contributed by atoms with Gasteiger partial charge in [-0.3, -0.25) is 9.59 Å². The van der Waals surface area contributed by atoms with Crippen molar-refractivity contribution in [1.29, 1.82) is 0 Å². The van der Waals surface area contributed by atoms with Crippen LogP contribution in [0.4, 0.5) is 5.69 Å². The van der Waals surface area contributed by atoms with E-state index in [9.17, 15) is 9.59 Å². The summed E-state index contributed by atoms with van der Waals surface area (Å²) >= 11 is 1.41. The molecular formula is C22H20N2O4S. The number of methoxy groups -OCH3 is 1. The molecule has 0 aliphatic carbocycles. The Labute approximate surface area is 172 Å². The van der Waals surface area contributed by atoms with Gasteiger partial charge in [0, 0.05) is 11.3 Å². The summed E-state index contributed by atoms with van der Waals surface area (Å²) in [6.07, 6.45) is 0.726. The molecule has 148 valence electrons. The normalized spacial score (nSPS) is 15.5. The van der Waals surface area contributed by atoms with Crippen LogP contribution in [0.3, 0.4) is 0 Å². The van der Waals surface area contributed by atoms with Crippen molar-refractivity contribution in [1.82, 2.24) is 5.32 Å². The minimum absolute atomic E-state index is 0.0820. The highest BCUT2D eigenvalue weighted by Crippen LogP contribution is 2.26. The molecular weight excluding hydrogens is 388 g/mol. The van der Waals surface area contributed by atoms with E-state index in [4.69, 9.17) is 9.47 Å². The molecule has 0 fully saturated rings. The Hall–Kier alpha value is -3.32. The van der Waals surface area contributed by atoms with Crippen LogP contribution in [0.1, 0.15) is 20.1 Å². The monoisotopic (exact) mass is 408 g/mol. The van der Waals surface area contributed by atoms with E-state index < -0.39 is 6.04 Å². The molecule has 1 aromatic heterocycles. The number of benzene rings is 2. The van der Waals surface area contributed by atoms with Crippen LogP contribution in [0.25, 0.3) is 0 Å². The van der Waals surface area contributed by atoms with E-state index in [-0.39, 0.29) is 18.4 Å². The van der Waals surface area contributed by atoms with Crippen LogP contribution in [0.2, 0.25) is 0 Å². The van der Waals surface area contributed by atoms with Gasteiger partial charge in [0.05, 0.1) is 17.7 Å². The molecule has 0 bridgehead atoms. The highest BCUT2D eigenvalue weighted by molar-refractivity contribution is 7.14. The van der Waals surface area contributed by atoms with Gasteiger partial charge < -0.3 is 20.1 Å². The number of thiophene rings is 1. The number of anilines is 1. The first-order valence-electron chi connectivity index (χ1n) is 9.17. The number of para-hydroxylation sites is 2. The third kappa shape index (κ3) is 4.41. The fourth-order valence-corrected chi connectivity index (χ4v) is 3.99. The zero-order valence-corrected chi connectivity index (χ0v) is 16.6. The van der Waals surface area contributed by atoms with Crippen molar-refractivity contribution in [2.75, 3.05) is 19.0 Å². The number of fused-ring (bicyclic) bond motifs is 1. The van der Waals surface area contributed by atoms with Gasteiger partial charge in [-0.2, -0.15) is 0 Å². The van der Waals surface area contributed by atoms with Gasteiger partial charge in [-0.05, 0) is 42.0 Å². The van der Waals surface area contributed by atoms with E-state index in [1.165, 1.54) is 11.3 Å². The largest absolute Gasteiger partial charge is 0.497 e. The second-order valence-electron chi connectivity index (χ2n) is 6.61. The predicted molar refractivity (Wildman–Crippen MR) is 112 cm³/mol. The Morgan fingerprint density at radius 1 is 1.17 bits per heavy atom. The van der Waals surface area contributed by atoms with Gasteiger partial charge >= 0.3 is 0 Å². The Bertz CT molecular complexity index is 1030. The minimum atomic E-state index is -0.762. The van der Waals surface area contributed by atoms with Crippen LogP contribution in [-0.4, -0.2) is 31.6 Å². The van der Waals surface area contributed by atoms with Crippen molar-refractivity contribution in [2.45, 2.75) is 12.5 Å². The van der Waals surface area contributed by atoms with Crippen molar-refractivity contribution in [3.63, 3.8) is 0 Å². The fourth-order valence-electron chi connectivity index (χ4n) is 3.04. The smallest absolute Gasteiger partial charge is 0.262 e. The first-order chi connectivity index (χ1) is 14.1. The summed E-state index contributed by atoms with van der Waals surface area (Å²) < 4.78 is 10.8. The molecule has 6 nitrogen and oxygen atoms in total. The van der Waals surface area contributed by atoms with Gasteiger partial charge in [0.2, 0.25) is 0 Å². The second-order valence-corrected chi connectivity index (χ2v) is 7.78. The summed E-state index contributed by atoms with van der Waals surface area (Å²) in [6, 6.07) is 18.0. The molecule has 0 spiro atoms. The van der Waals surface area contributed by atoms with Crippen LogP contribution >= 0.6 is 11.3 Å². The van der Waals surface area contributed by atoms with Crippen molar-refractivity contribution < 1.29 is 19.1 Å². The minimum Gasteiger partial charge on any atom is -0.497 e. The van der Waals surface area contributed by atoms with Crippen LogP contribution in [0, 0.1) is 0 Å². The van der Waals surface area contributed by atoms with Crippen molar-refractivity contribution in [3.8, 4) is 11.5 Å². The summed E-state index contributed by atoms with van der Waals surface area (Å²) in [4.78, 5) is 26.7. The van der Waals surface area contributed by atoms with Gasteiger partial charge in [-0.15, -0.1) is 11.3 Å². The molecule has 1 atom stereocenters. The average Bonchev–Trinajstić information content (AvgIpc) is 3.14. The average molecular weight is 408 g/mol. The summed E-state index contributed by atoms with van der Waals surface area (Å²) in [6.45, 7) is 0.0820. The Morgan fingerprint density at radius 2 is 1.97 bits per heavy atom. The maximum Gasteiger partial charge on any atom is 0.262 e. The summed E-state index contributed by atoms with van der Waals surface area (Å²) in [5, 5.41) is 5.56. The summed E-state index contributed by atoms with van der Waals surface area (Å²) in [5.41, 5.74) is 1.74.